The summed E-state index contributed by atoms with van der Waals surface area (Å²) in [6, 6.07) is 25.7. The van der Waals surface area contributed by atoms with E-state index >= 15 is 0 Å². The van der Waals surface area contributed by atoms with Crippen LogP contribution in [0.25, 0.3) is 0 Å². The van der Waals surface area contributed by atoms with Crippen LogP contribution in [0, 0.1) is 0 Å². The second-order valence-electron chi connectivity index (χ2n) is 6.10. The first-order valence-corrected chi connectivity index (χ1v) is 9.12. The van der Waals surface area contributed by atoms with Gasteiger partial charge in [-0.05, 0) is 36.8 Å². The second-order valence-corrected chi connectivity index (χ2v) is 6.10. The minimum atomic E-state index is -0.465. The molecular formula is C23H22N2O3. The summed E-state index contributed by atoms with van der Waals surface area (Å²) in [6.45, 7) is 2.42. The maximum absolute atomic E-state index is 13.1. The Hall–Kier alpha value is -3.60. The molecule has 1 N–H and O–H groups in total. The van der Waals surface area contributed by atoms with Crippen LogP contribution in [0.4, 0.5) is 16.2 Å². The van der Waals surface area contributed by atoms with Gasteiger partial charge < -0.3 is 10.1 Å². The van der Waals surface area contributed by atoms with E-state index in [0.29, 0.717) is 17.8 Å². The van der Waals surface area contributed by atoms with Crippen LogP contribution in [0.5, 0.6) is 0 Å². The van der Waals surface area contributed by atoms with Crippen molar-refractivity contribution in [3.8, 4) is 0 Å². The van der Waals surface area contributed by atoms with Gasteiger partial charge in [-0.15, -0.1) is 0 Å². The van der Waals surface area contributed by atoms with Crippen molar-refractivity contribution in [1.82, 2.24) is 0 Å². The molecule has 0 atom stereocenters. The van der Waals surface area contributed by atoms with Gasteiger partial charge in [0.2, 0.25) is 0 Å². The van der Waals surface area contributed by atoms with Crippen LogP contribution in [0.3, 0.4) is 0 Å². The molecule has 3 aromatic carbocycles. The van der Waals surface area contributed by atoms with Crippen molar-refractivity contribution >= 4 is 23.4 Å². The highest BCUT2D eigenvalue weighted by atomic mass is 16.5. The summed E-state index contributed by atoms with van der Waals surface area (Å²) in [5, 5.41) is 2.85. The van der Waals surface area contributed by atoms with E-state index in [1.807, 2.05) is 60.7 Å². The van der Waals surface area contributed by atoms with E-state index in [0.717, 1.165) is 11.3 Å². The number of nitrogens with zero attached hydrogens (tertiary/aromatic N) is 1. The summed E-state index contributed by atoms with van der Waals surface area (Å²) in [5.41, 5.74) is 2.50. The molecule has 28 heavy (non-hydrogen) atoms. The number of anilines is 2. The fourth-order valence-electron chi connectivity index (χ4n) is 2.82. The van der Waals surface area contributed by atoms with Crippen LogP contribution < -0.4 is 10.2 Å². The van der Waals surface area contributed by atoms with Gasteiger partial charge in [0.1, 0.15) is 0 Å². The standard InChI is InChI=1S/C23H22N2O3/c1-2-28-22(26)20-15-9-10-16-21(20)24-23(27)25(19-13-7-4-8-14-19)17-18-11-5-3-6-12-18/h3-16H,2,17H2,1H3,(H,24,27). The molecule has 5 heteroatoms. The average molecular weight is 374 g/mol. The smallest absolute Gasteiger partial charge is 0.340 e. The molecule has 0 heterocycles. The molecular weight excluding hydrogens is 352 g/mol. The Bertz CT molecular complexity index is 927. The number of carbonyl (C=O) groups is 2. The monoisotopic (exact) mass is 374 g/mol. The molecule has 0 saturated carbocycles. The summed E-state index contributed by atoms with van der Waals surface area (Å²) in [4.78, 5) is 26.9. The molecule has 3 aromatic rings. The number of carbonyl (C=O) groups excluding carboxylic acids is 2. The average Bonchev–Trinajstić information content (AvgIpc) is 2.74. The topological polar surface area (TPSA) is 58.6 Å². The van der Waals surface area contributed by atoms with Crippen LogP contribution in [0.15, 0.2) is 84.9 Å². The summed E-state index contributed by atoms with van der Waals surface area (Å²) in [7, 11) is 0. The van der Waals surface area contributed by atoms with Crippen molar-refractivity contribution < 1.29 is 14.3 Å². The third kappa shape index (κ3) is 4.76. The lowest BCUT2D eigenvalue weighted by Gasteiger charge is -2.24. The predicted molar refractivity (Wildman–Crippen MR) is 110 cm³/mol. The Balaban J connectivity index is 1.87. The number of esters is 1. The first-order chi connectivity index (χ1) is 13.7. The Morgan fingerprint density at radius 1 is 0.857 bits per heavy atom. The number of benzene rings is 3. The SMILES string of the molecule is CCOC(=O)c1ccccc1NC(=O)N(Cc1ccccc1)c1ccccc1. The fraction of sp³-hybridized carbons (Fsp3) is 0.130. The molecule has 2 amide bonds. The van der Waals surface area contributed by atoms with Crippen molar-refractivity contribution in [3.63, 3.8) is 0 Å². The highest BCUT2D eigenvalue weighted by molar-refractivity contribution is 6.06. The molecule has 3 rings (SSSR count). The summed E-state index contributed by atoms with van der Waals surface area (Å²) >= 11 is 0. The van der Waals surface area contributed by atoms with E-state index < -0.39 is 5.97 Å². The van der Waals surface area contributed by atoms with Crippen molar-refractivity contribution in [2.45, 2.75) is 13.5 Å². The van der Waals surface area contributed by atoms with Crippen LogP contribution in [0.1, 0.15) is 22.8 Å². The normalized spacial score (nSPS) is 10.2. The largest absolute Gasteiger partial charge is 0.462 e. The number of hydrogen-bond donors (Lipinski definition) is 1. The predicted octanol–water partition coefficient (Wildman–Crippen LogP) is 5.10. The van der Waals surface area contributed by atoms with Gasteiger partial charge in [-0.3, -0.25) is 4.90 Å². The Kier molecular flexibility index (Phi) is 6.41. The van der Waals surface area contributed by atoms with Crippen molar-refractivity contribution in [1.29, 1.82) is 0 Å². The molecule has 0 aliphatic heterocycles. The van der Waals surface area contributed by atoms with E-state index in [2.05, 4.69) is 5.32 Å². The fourth-order valence-corrected chi connectivity index (χ4v) is 2.82. The minimum Gasteiger partial charge on any atom is -0.462 e. The van der Waals surface area contributed by atoms with Gasteiger partial charge in [-0.25, -0.2) is 9.59 Å². The quantitative estimate of drug-likeness (QED) is 0.611. The first kappa shape index (κ1) is 19.2. The lowest BCUT2D eigenvalue weighted by Crippen LogP contribution is -2.35. The molecule has 0 aliphatic carbocycles. The molecule has 0 aromatic heterocycles. The Morgan fingerprint density at radius 2 is 1.46 bits per heavy atom. The first-order valence-electron chi connectivity index (χ1n) is 9.12. The van der Waals surface area contributed by atoms with Crippen LogP contribution in [0.2, 0.25) is 0 Å². The number of rotatable bonds is 6. The highest BCUT2D eigenvalue weighted by Crippen LogP contribution is 2.21. The highest BCUT2D eigenvalue weighted by Gasteiger charge is 2.19. The maximum Gasteiger partial charge on any atom is 0.340 e. The van der Waals surface area contributed by atoms with Gasteiger partial charge in [0.25, 0.3) is 0 Å². The summed E-state index contributed by atoms with van der Waals surface area (Å²) in [6.07, 6.45) is 0. The van der Waals surface area contributed by atoms with Gasteiger partial charge in [0.15, 0.2) is 0 Å². The van der Waals surface area contributed by atoms with Crippen LogP contribution in [-0.2, 0) is 11.3 Å². The molecule has 0 spiro atoms. The summed E-state index contributed by atoms with van der Waals surface area (Å²) in [5.74, 6) is -0.465. The zero-order valence-electron chi connectivity index (χ0n) is 15.7. The van der Waals surface area contributed by atoms with Gasteiger partial charge in [0, 0.05) is 5.69 Å². The second kappa shape index (κ2) is 9.37. The number of nitrogens with one attached hydrogen (secondary N) is 1. The molecule has 0 fully saturated rings. The number of hydrogen-bond acceptors (Lipinski definition) is 3. The maximum atomic E-state index is 13.1. The van der Waals surface area contributed by atoms with Gasteiger partial charge >= 0.3 is 12.0 Å². The van der Waals surface area contributed by atoms with Gasteiger partial charge in [-0.2, -0.15) is 0 Å². The third-order valence-electron chi connectivity index (χ3n) is 4.16. The molecule has 5 nitrogen and oxygen atoms in total. The van der Waals surface area contributed by atoms with Crippen molar-refractivity contribution in [3.05, 3.63) is 96.1 Å². The van der Waals surface area contributed by atoms with Crippen LogP contribution in [-0.4, -0.2) is 18.6 Å². The summed E-state index contributed by atoms with van der Waals surface area (Å²) < 4.78 is 5.09. The van der Waals surface area contributed by atoms with Crippen LogP contribution >= 0.6 is 0 Å². The number of urea groups is 1. The van der Waals surface area contributed by atoms with Gasteiger partial charge in [-0.1, -0.05) is 60.7 Å². The molecule has 0 radical (unpaired) electrons. The Morgan fingerprint density at radius 3 is 2.14 bits per heavy atom. The minimum absolute atomic E-state index is 0.269. The molecule has 0 saturated heterocycles. The van der Waals surface area contributed by atoms with Crippen molar-refractivity contribution in [2.24, 2.45) is 0 Å². The molecule has 0 bridgehead atoms. The van der Waals surface area contributed by atoms with Gasteiger partial charge in [0.05, 0.1) is 24.4 Å². The van der Waals surface area contributed by atoms with E-state index in [-0.39, 0.29) is 12.6 Å². The lowest BCUT2D eigenvalue weighted by molar-refractivity contribution is 0.0527. The zero-order valence-corrected chi connectivity index (χ0v) is 15.7. The zero-order chi connectivity index (χ0) is 19.8. The Labute approximate surface area is 164 Å². The molecule has 142 valence electrons. The number of para-hydroxylation sites is 2. The van der Waals surface area contributed by atoms with E-state index in [9.17, 15) is 9.59 Å². The number of ether oxygens (including phenoxy) is 1. The third-order valence-corrected chi connectivity index (χ3v) is 4.16. The molecule has 0 unspecified atom stereocenters. The van der Waals surface area contributed by atoms with E-state index in [1.165, 1.54) is 0 Å². The molecule has 0 aliphatic rings. The van der Waals surface area contributed by atoms with E-state index in [4.69, 9.17) is 4.74 Å². The van der Waals surface area contributed by atoms with E-state index in [1.54, 1.807) is 36.1 Å². The van der Waals surface area contributed by atoms with Crippen molar-refractivity contribution in [2.75, 3.05) is 16.8 Å². The number of amides is 2. The lowest BCUT2D eigenvalue weighted by atomic mass is 10.1.